The van der Waals surface area contributed by atoms with Gasteiger partial charge in [-0.25, -0.2) is 9.37 Å². The monoisotopic (exact) mass is 502 g/mol. The van der Waals surface area contributed by atoms with Gasteiger partial charge in [0.25, 0.3) is 5.91 Å². The summed E-state index contributed by atoms with van der Waals surface area (Å²) in [6.45, 7) is 5.35. The number of nitrogens with zero attached hydrogens (tertiary/aromatic N) is 4. The Balaban J connectivity index is 1.63. The number of rotatable bonds is 6. The Morgan fingerprint density at radius 3 is 2.73 bits per heavy atom. The van der Waals surface area contributed by atoms with Gasteiger partial charge in [0.15, 0.2) is 0 Å². The van der Waals surface area contributed by atoms with Crippen LogP contribution >= 0.6 is 0 Å². The van der Waals surface area contributed by atoms with E-state index in [1.165, 1.54) is 12.1 Å². The number of ether oxygens (including phenoxy) is 1. The van der Waals surface area contributed by atoms with Crippen LogP contribution in [0, 0.1) is 23.6 Å². The van der Waals surface area contributed by atoms with E-state index >= 15 is 0 Å². The smallest absolute Gasteiger partial charge is 0.259 e. The van der Waals surface area contributed by atoms with Gasteiger partial charge in [-0.2, -0.15) is 0 Å². The second kappa shape index (κ2) is 12.0. The number of likely N-dealkylation sites (N-methyl/N-ethyl adjacent to an activating group) is 1. The van der Waals surface area contributed by atoms with E-state index in [2.05, 4.69) is 26.7 Å². The van der Waals surface area contributed by atoms with Gasteiger partial charge in [-0.05, 0) is 50.4 Å². The van der Waals surface area contributed by atoms with E-state index in [0.29, 0.717) is 30.8 Å². The summed E-state index contributed by atoms with van der Waals surface area (Å²) < 4.78 is 19.9. The molecule has 1 aliphatic rings. The van der Waals surface area contributed by atoms with Gasteiger partial charge in [-0.15, -0.1) is 0 Å². The summed E-state index contributed by atoms with van der Waals surface area (Å²) in [5, 5.41) is 9.85. The Kier molecular flexibility index (Phi) is 8.49. The molecule has 0 radical (unpaired) electrons. The van der Waals surface area contributed by atoms with Gasteiger partial charge in [-0.3, -0.25) is 14.7 Å². The van der Waals surface area contributed by atoms with Crippen molar-refractivity contribution in [3.05, 3.63) is 89.1 Å². The molecule has 0 aliphatic carbocycles. The number of aliphatic hydroxyl groups is 1. The number of halogens is 1. The first-order valence-corrected chi connectivity index (χ1v) is 12.3. The van der Waals surface area contributed by atoms with Gasteiger partial charge >= 0.3 is 0 Å². The molecule has 0 unspecified atom stereocenters. The van der Waals surface area contributed by atoms with Crippen molar-refractivity contribution < 1.29 is 19.0 Å². The average molecular weight is 503 g/mol. The largest absolute Gasteiger partial charge is 0.472 e. The molecule has 0 saturated carbocycles. The highest BCUT2D eigenvalue weighted by Gasteiger charge is 2.34. The minimum Gasteiger partial charge on any atom is -0.472 e. The summed E-state index contributed by atoms with van der Waals surface area (Å²) in [6.07, 6.45) is 3.07. The van der Waals surface area contributed by atoms with E-state index in [0.717, 1.165) is 5.69 Å². The molecule has 2 aromatic heterocycles. The van der Waals surface area contributed by atoms with E-state index in [-0.39, 0.29) is 47.8 Å². The molecule has 3 aromatic rings. The molecule has 1 amide bonds. The van der Waals surface area contributed by atoms with Crippen molar-refractivity contribution in [3.8, 4) is 17.7 Å². The first kappa shape index (κ1) is 26.3. The highest BCUT2D eigenvalue weighted by atomic mass is 19.1. The quantitative estimate of drug-likeness (QED) is 0.521. The van der Waals surface area contributed by atoms with Gasteiger partial charge in [0.05, 0.1) is 18.3 Å². The molecular weight excluding hydrogens is 471 g/mol. The van der Waals surface area contributed by atoms with E-state index in [9.17, 15) is 14.3 Å². The molecular formula is C29H31FN4O3. The lowest BCUT2D eigenvalue weighted by Gasteiger charge is -2.37. The number of carbonyl (C=O) groups excluding carboxylic acids is 1. The number of hydrogen-bond donors (Lipinski definition) is 1. The third-order valence-corrected chi connectivity index (χ3v) is 6.35. The summed E-state index contributed by atoms with van der Waals surface area (Å²) in [6, 6.07) is 13.1. The zero-order chi connectivity index (χ0) is 26.4. The lowest BCUT2D eigenvalue weighted by molar-refractivity contribution is 0.0324. The molecule has 3 heterocycles. The van der Waals surface area contributed by atoms with Crippen molar-refractivity contribution in [2.24, 2.45) is 5.92 Å². The Hall–Kier alpha value is -3.80. The van der Waals surface area contributed by atoms with Gasteiger partial charge < -0.3 is 14.7 Å². The minimum atomic E-state index is -0.380. The molecule has 3 atom stereocenters. The molecule has 0 bridgehead atoms. The maximum absolute atomic E-state index is 13.6. The topological polar surface area (TPSA) is 78.8 Å². The SMILES string of the molecule is C[C@@H]1CN([C@H](C)CO)C(=O)c2cc(C#Cc3cccc(F)c3)cnc2O[C@@H]1CN(C)Cc1ccccn1. The van der Waals surface area contributed by atoms with Crippen molar-refractivity contribution in [1.29, 1.82) is 0 Å². The third-order valence-electron chi connectivity index (χ3n) is 6.35. The molecule has 0 saturated heterocycles. The Labute approximate surface area is 216 Å². The Morgan fingerprint density at radius 1 is 1.19 bits per heavy atom. The van der Waals surface area contributed by atoms with Gasteiger partial charge in [0, 0.05) is 49.1 Å². The molecule has 0 fully saturated rings. The van der Waals surface area contributed by atoms with Crippen LogP contribution in [0.5, 0.6) is 5.88 Å². The molecule has 1 aromatic carbocycles. The van der Waals surface area contributed by atoms with E-state index in [1.54, 1.807) is 35.5 Å². The normalized spacial score (nSPS) is 18.2. The lowest BCUT2D eigenvalue weighted by Crippen LogP contribution is -2.49. The Morgan fingerprint density at radius 2 is 2.00 bits per heavy atom. The molecule has 1 aliphatic heterocycles. The number of aromatic nitrogens is 2. The third kappa shape index (κ3) is 6.70. The number of benzene rings is 1. The lowest BCUT2D eigenvalue weighted by atomic mass is 10.00. The zero-order valence-electron chi connectivity index (χ0n) is 21.3. The molecule has 4 rings (SSSR count). The fourth-order valence-corrected chi connectivity index (χ4v) is 4.24. The predicted octanol–water partition coefficient (Wildman–Crippen LogP) is 3.37. The molecule has 8 heteroatoms. The second-order valence-electron chi connectivity index (χ2n) is 9.48. The molecule has 0 spiro atoms. The molecule has 1 N–H and O–H groups in total. The van der Waals surface area contributed by atoms with Crippen LogP contribution in [0.2, 0.25) is 0 Å². The van der Waals surface area contributed by atoms with E-state index in [4.69, 9.17) is 4.74 Å². The number of aliphatic hydroxyl groups excluding tert-OH is 1. The summed E-state index contributed by atoms with van der Waals surface area (Å²) in [7, 11) is 2.00. The number of hydrogen-bond acceptors (Lipinski definition) is 6. The number of pyridine rings is 2. The van der Waals surface area contributed by atoms with Crippen LogP contribution < -0.4 is 4.74 Å². The fourth-order valence-electron chi connectivity index (χ4n) is 4.24. The van der Waals surface area contributed by atoms with Crippen molar-refractivity contribution >= 4 is 5.91 Å². The van der Waals surface area contributed by atoms with Crippen molar-refractivity contribution in [1.82, 2.24) is 19.8 Å². The number of amides is 1. The summed E-state index contributed by atoms with van der Waals surface area (Å²) in [5.41, 5.74) is 2.27. The highest BCUT2D eigenvalue weighted by molar-refractivity contribution is 5.97. The summed E-state index contributed by atoms with van der Waals surface area (Å²) in [5.74, 6) is 5.45. The fraction of sp³-hybridized carbons (Fsp3) is 0.345. The van der Waals surface area contributed by atoms with Crippen LogP contribution in [0.4, 0.5) is 4.39 Å². The predicted molar refractivity (Wildman–Crippen MR) is 138 cm³/mol. The standard InChI is InChI=1S/C29H31FN4O3/c1-20-16-34(21(2)19-35)29(36)26-14-23(11-10-22-7-6-8-24(30)13-22)15-32-28(26)37-27(20)18-33(3)17-25-9-4-5-12-31-25/h4-9,12-15,20-21,27,35H,16-19H2,1-3H3/t20-,21-,27-/m1/s1. The van der Waals surface area contributed by atoms with Gasteiger partial charge in [0.1, 0.15) is 17.5 Å². The van der Waals surface area contributed by atoms with Crippen LogP contribution in [0.3, 0.4) is 0 Å². The van der Waals surface area contributed by atoms with Gasteiger partial charge in [0.2, 0.25) is 5.88 Å². The van der Waals surface area contributed by atoms with Crippen LogP contribution in [0.1, 0.15) is 41.0 Å². The second-order valence-corrected chi connectivity index (χ2v) is 9.48. The Bertz CT molecular complexity index is 1290. The van der Waals surface area contributed by atoms with Crippen LogP contribution in [-0.4, -0.2) is 69.7 Å². The summed E-state index contributed by atoms with van der Waals surface area (Å²) >= 11 is 0. The van der Waals surface area contributed by atoms with Crippen molar-refractivity contribution in [2.45, 2.75) is 32.5 Å². The molecule has 192 valence electrons. The van der Waals surface area contributed by atoms with Crippen LogP contribution in [0.15, 0.2) is 60.9 Å². The first-order valence-electron chi connectivity index (χ1n) is 12.3. The first-order chi connectivity index (χ1) is 17.8. The van der Waals surface area contributed by atoms with Crippen LogP contribution in [-0.2, 0) is 6.54 Å². The molecule has 37 heavy (non-hydrogen) atoms. The van der Waals surface area contributed by atoms with Crippen molar-refractivity contribution in [3.63, 3.8) is 0 Å². The highest BCUT2D eigenvalue weighted by Crippen LogP contribution is 2.27. The average Bonchev–Trinajstić information content (AvgIpc) is 2.89. The van der Waals surface area contributed by atoms with E-state index in [1.807, 2.05) is 39.1 Å². The number of carbonyl (C=O) groups is 1. The minimum absolute atomic E-state index is 0.0217. The van der Waals surface area contributed by atoms with Gasteiger partial charge in [-0.1, -0.05) is 30.9 Å². The maximum atomic E-state index is 13.6. The van der Waals surface area contributed by atoms with Crippen LogP contribution in [0.25, 0.3) is 0 Å². The van der Waals surface area contributed by atoms with Crippen molar-refractivity contribution in [2.75, 3.05) is 26.7 Å². The van der Waals surface area contributed by atoms with E-state index < -0.39 is 0 Å². The maximum Gasteiger partial charge on any atom is 0.259 e. The number of fused-ring (bicyclic) bond motifs is 1. The molecule has 7 nitrogen and oxygen atoms in total. The zero-order valence-corrected chi connectivity index (χ0v) is 21.3. The summed E-state index contributed by atoms with van der Waals surface area (Å²) in [4.78, 5) is 26.2.